The Bertz CT molecular complexity index is 1300. The Balaban J connectivity index is 1.39. The molecule has 2 aromatic carbocycles. The molecular formula is C29H33F3N2O5. The van der Waals surface area contributed by atoms with Crippen molar-refractivity contribution in [3.63, 3.8) is 0 Å². The zero-order valence-corrected chi connectivity index (χ0v) is 22.1. The maximum atomic E-state index is 13.8. The molecule has 7 nitrogen and oxygen atoms in total. The van der Waals surface area contributed by atoms with Crippen LogP contribution < -0.4 is 9.47 Å². The number of piperidine rings is 1. The Hall–Kier alpha value is -3.37. The van der Waals surface area contributed by atoms with Crippen LogP contribution in [0.3, 0.4) is 0 Å². The summed E-state index contributed by atoms with van der Waals surface area (Å²) in [5.41, 5.74) is 1.86. The van der Waals surface area contributed by atoms with Crippen LogP contribution in [0, 0.1) is 29.8 Å². The molecule has 0 spiro atoms. The highest BCUT2D eigenvalue weighted by molar-refractivity contribution is 5.84. The number of ether oxygens (including phenoxy) is 2. The lowest BCUT2D eigenvalue weighted by atomic mass is 9.71. The van der Waals surface area contributed by atoms with Crippen LogP contribution in [0.15, 0.2) is 36.5 Å². The number of rotatable bonds is 11. The standard InChI is InChI=1S/C29H33F3N2O5/c1-18-17-33-24-4-3-20(38-2)15-21(24)27(18)25(35)5-6-29(16-26(36)37)7-9-34(10-8-29)11-12-39-28-22(31)13-19(30)14-23(28)32/h3-4,13-15,17,25,35H,5-12,16H2,1-2H3,(H,36,37)/t25-/m1/s1. The highest BCUT2D eigenvalue weighted by Crippen LogP contribution is 2.42. The molecule has 2 heterocycles. The van der Waals surface area contributed by atoms with Gasteiger partial charge in [0, 0.05) is 30.3 Å². The lowest BCUT2D eigenvalue weighted by molar-refractivity contribution is -0.141. The third-order valence-corrected chi connectivity index (χ3v) is 7.66. The fraction of sp³-hybridized carbons (Fsp3) is 0.448. The predicted molar refractivity (Wildman–Crippen MR) is 139 cm³/mol. The molecule has 0 radical (unpaired) electrons. The number of pyridine rings is 1. The smallest absolute Gasteiger partial charge is 0.303 e. The lowest BCUT2D eigenvalue weighted by Crippen LogP contribution is -2.42. The SMILES string of the molecule is COc1ccc2ncc(C)c([C@H](O)CCC3(CC(=O)O)CCN(CCOc4c(F)cc(F)cc4F)CC3)c2c1. The van der Waals surface area contributed by atoms with Crippen molar-refractivity contribution >= 4 is 16.9 Å². The minimum atomic E-state index is -1.10. The van der Waals surface area contributed by atoms with Crippen molar-refractivity contribution in [3.05, 3.63) is 65.1 Å². The molecule has 210 valence electrons. The first-order valence-electron chi connectivity index (χ1n) is 12.9. The number of fused-ring (bicyclic) bond motifs is 1. The van der Waals surface area contributed by atoms with E-state index in [2.05, 4.69) is 4.98 Å². The third-order valence-electron chi connectivity index (χ3n) is 7.66. The number of aliphatic carboxylic acids is 1. The van der Waals surface area contributed by atoms with Gasteiger partial charge in [-0.05, 0) is 80.4 Å². The van der Waals surface area contributed by atoms with E-state index in [1.54, 1.807) is 13.3 Å². The van der Waals surface area contributed by atoms with Crippen LogP contribution in [0.2, 0.25) is 0 Å². The number of hydrogen-bond donors (Lipinski definition) is 2. The molecule has 1 aliphatic rings. The van der Waals surface area contributed by atoms with Gasteiger partial charge in [0.2, 0.25) is 0 Å². The summed E-state index contributed by atoms with van der Waals surface area (Å²) in [5, 5.41) is 21.7. The Morgan fingerprint density at radius 2 is 1.85 bits per heavy atom. The number of aryl methyl sites for hydroxylation is 1. The van der Waals surface area contributed by atoms with Crippen molar-refractivity contribution in [2.75, 3.05) is 33.4 Å². The number of aromatic nitrogens is 1. The normalized spacial score (nSPS) is 16.3. The van der Waals surface area contributed by atoms with Gasteiger partial charge in [-0.1, -0.05) is 0 Å². The number of carboxylic acid groups (broad SMARTS) is 1. The number of aliphatic hydroxyl groups excluding tert-OH is 1. The molecule has 10 heteroatoms. The zero-order valence-electron chi connectivity index (χ0n) is 22.1. The van der Waals surface area contributed by atoms with E-state index in [4.69, 9.17) is 9.47 Å². The zero-order chi connectivity index (χ0) is 28.2. The van der Waals surface area contributed by atoms with Crippen LogP contribution in [0.1, 0.15) is 49.3 Å². The van der Waals surface area contributed by atoms with Crippen LogP contribution in [-0.2, 0) is 4.79 Å². The lowest BCUT2D eigenvalue weighted by Gasteiger charge is -2.41. The molecule has 0 bridgehead atoms. The molecular weight excluding hydrogens is 513 g/mol. The Morgan fingerprint density at radius 3 is 2.49 bits per heavy atom. The molecule has 0 saturated carbocycles. The van der Waals surface area contributed by atoms with Gasteiger partial charge in [-0.15, -0.1) is 0 Å². The summed E-state index contributed by atoms with van der Waals surface area (Å²) in [6, 6.07) is 6.65. The number of benzene rings is 2. The van der Waals surface area contributed by atoms with Gasteiger partial charge >= 0.3 is 5.97 Å². The number of nitrogens with zero attached hydrogens (tertiary/aromatic N) is 2. The minimum Gasteiger partial charge on any atom is -0.497 e. The van der Waals surface area contributed by atoms with Gasteiger partial charge in [0.25, 0.3) is 0 Å². The van der Waals surface area contributed by atoms with E-state index in [0.717, 1.165) is 22.0 Å². The Morgan fingerprint density at radius 1 is 1.15 bits per heavy atom. The van der Waals surface area contributed by atoms with E-state index in [0.29, 0.717) is 63.2 Å². The highest BCUT2D eigenvalue weighted by atomic mass is 19.1. The summed E-state index contributed by atoms with van der Waals surface area (Å²) in [6.07, 6.45) is 3.00. The molecule has 3 aromatic rings. The number of halogens is 3. The van der Waals surface area contributed by atoms with Crippen LogP contribution in [0.4, 0.5) is 13.2 Å². The van der Waals surface area contributed by atoms with Crippen LogP contribution in [0.25, 0.3) is 10.9 Å². The summed E-state index contributed by atoms with van der Waals surface area (Å²) in [5.74, 6) is -4.05. The van der Waals surface area contributed by atoms with Gasteiger partial charge in [-0.2, -0.15) is 0 Å². The number of carbonyl (C=O) groups is 1. The first kappa shape index (κ1) is 28.6. The maximum Gasteiger partial charge on any atom is 0.303 e. The molecule has 39 heavy (non-hydrogen) atoms. The average Bonchev–Trinajstić information content (AvgIpc) is 2.89. The molecule has 1 atom stereocenters. The monoisotopic (exact) mass is 546 g/mol. The summed E-state index contributed by atoms with van der Waals surface area (Å²) in [6.45, 7) is 3.43. The van der Waals surface area contributed by atoms with Crippen molar-refractivity contribution in [3.8, 4) is 11.5 Å². The fourth-order valence-corrected chi connectivity index (χ4v) is 5.48. The van der Waals surface area contributed by atoms with Gasteiger partial charge in [0.15, 0.2) is 17.4 Å². The first-order valence-corrected chi connectivity index (χ1v) is 12.9. The van der Waals surface area contributed by atoms with E-state index in [1.165, 1.54) is 0 Å². The van der Waals surface area contributed by atoms with E-state index in [1.807, 2.05) is 30.0 Å². The predicted octanol–water partition coefficient (Wildman–Crippen LogP) is 5.42. The molecule has 1 fully saturated rings. The molecule has 0 unspecified atom stereocenters. The second-order valence-electron chi connectivity index (χ2n) is 10.3. The average molecular weight is 547 g/mol. The van der Waals surface area contributed by atoms with Gasteiger partial charge in [-0.3, -0.25) is 14.7 Å². The molecule has 1 aliphatic heterocycles. The highest BCUT2D eigenvalue weighted by Gasteiger charge is 2.37. The van der Waals surface area contributed by atoms with Crippen molar-refractivity contribution < 1.29 is 37.7 Å². The number of aliphatic hydroxyl groups is 1. The van der Waals surface area contributed by atoms with Crippen LogP contribution >= 0.6 is 0 Å². The number of methoxy groups -OCH3 is 1. The summed E-state index contributed by atoms with van der Waals surface area (Å²) < 4.78 is 51.3. The quantitative estimate of drug-likeness (QED) is 0.332. The van der Waals surface area contributed by atoms with Crippen molar-refractivity contribution in [1.29, 1.82) is 0 Å². The van der Waals surface area contributed by atoms with Gasteiger partial charge in [-0.25, -0.2) is 13.2 Å². The molecule has 4 rings (SSSR count). The topological polar surface area (TPSA) is 92.1 Å². The minimum absolute atomic E-state index is 0.00196. The van der Waals surface area contributed by atoms with E-state index in [9.17, 15) is 28.2 Å². The van der Waals surface area contributed by atoms with Crippen molar-refractivity contribution in [2.24, 2.45) is 5.41 Å². The summed E-state index contributed by atoms with van der Waals surface area (Å²) in [4.78, 5) is 18.3. The van der Waals surface area contributed by atoms with Crippen LogP contribution in [-0.4, -0.2) is 59.4 Å². The molecule has 1 saturated heterocycles. The molecule has 0 aliphatic carbocycles. The van der Waals surface area contributed by atoms with Gasteiger partial charge in [0.05, 0.1) is 25.2 Å². The molecule has 2 N–H and O–H groups in total. The second kappa shape index (κ2) is 12.2. The molecule has 0 amide bonds. The van der Waals surface area contributed by atoms with Gasteiger partial charge in [0.1, 0.15) is 18.2 Å². The molecule has 1 aromatic heterocycles. The first-order chi connectivity index (χ1) is 18.6. The fourth-order valence-electron chi connectivity index (χ4n) is 5.48. The van der Waals surface area contributed by atoms with Crippen LogP contribution in [0.5, 0.6) is 11.5 Å². The van der Waals surface area contributed by atoms with E-state index >= 15 is 0 Å². The number of hydrogen-bond acceptors (Lipinski definition) is 6. The maximum absolute atomic E-state index is 13.8. The largest absolute Gasteiger partial charge is 0.497 e. The van der Waals surface area contributed by atoms with E-state index < -0.39 is 40.7 Å². The van der Waals surface area contributed by atoms with Gasteiger partial charge < -0.3 is 19.7 Å². The summed E-state index contributed by atoms with van der Waals surface area (Å²) in [7, 11) is 1.58. The number of carboxylic acids is 1. The van der Waals surface area contributed by atoms with E-state index in [-0.39, 0.29) is 13.0 Å². The third kappa shape index (κ3) is 6.80. The summed E-state index contributed by atoms with van der Waals surface area (Å²) >= 11 is 0. The number of likely N-dealkylation sites (tertiary alicyclic amines) is 1. The van der Waals surface area contributed by atoms with Crippen molar-refractivity contribution in [2.45, 2.75) is 45.1 Å². The Kier molecular flexibility index (Phi) is 8.97. The second-order valence-corrected chi connectivity index (χ2v) is 10.3. The Labute approximate surface area is 225 Å². The van der Waals surface area contributed by atoms with Crippen molar-refractivity contribution in [1.82, 2.24) is 9.88 Å².